The van der Waals surface area contributed by atoms with Gasteiger partial charge in [0, 0.05) is 17.2 Å². The Labute approximate surface area is 91.9 Å². The van der Waals surface area contributed by atoms with E-state index < -0.39 is 7.12 Å². The molecule has 0 aliphatic carbocycles. The van der Waals surface area contributed by atoms with Crippen molar-refractivity contribution in [2.45, 2.75) is 0 Å². The molecule has 0 radical (unpaired) electrons. The zero-order valence-electron chi connectivity index (χ0n) is 8.01. The molecule has 1 aromatic carbocycles. The molecular formula is C9H9BClNO3. The molecule has 1 aromatic heterocycles. The van der Waals surface area contributed by atoms with Gasteiger partial charge < -0.3 is 14.8 Å². The first-order chi connectivity index (χ1) is 7.13. The molecule has 2 aromatic rings. The zero-order chi connectivity index (χ0) is 11.0. The van der Waals surface area contributed by atoms with Crippen LogP contribution in [0.2, 0.25) is 0 Å². The van der Waals surface area contributed by atoms with Crippen molar-refractivity contribution in [3.8, 4) is 5.75 Å². The number of fused-ring (bicyclic) bond motifs is 1. The summed E-state index contributed by atoms with van der Waals surface area (Å²) in [6.07, 6.45) is 0. The van der Waals surface area contributed by atoms with Crippen LogP contribution < -0.4 is 10.3 Å². The van der Waals surface area contributed by atoms with Crippen molar-refractivity contribution < 1.29 is 14.8 Å². The van der Waals surface area contributed by atoms with E-state index in [9.17, 15) is 0 Å². The van der Waals surface area contributed by atoms with Gasteiger partial charge in [-0.05, 0) is 24.3 Å². The molecule has 1 heterocycles. The quantitative estimate of drug-likeness (QED) is 0.724. The first-order valence-corrected chi connectivity index (χ1v) is 4.69. The fourth-order valence-electron chi connectivity index (χ4n) is 1.48. The van der Waals surface area contributed by atoms with Crippen LogP contribution in [-0.4, -0.2) is 28.4 Å². The van der Waals surface area contributed by atoms with Crippen LogP contribution in [-0.2, 0) is 0 Å². The number of nitrogens with zero attached hydrogens (tertiary/aromatic N) is 1. The summed E-state index contributed by atoms with van der Waals surface area (Å²) in [6, 6.07) is 6.90. The molecule has 0 aliphatic rings. The number of hydrogen-bond acceptors (Lipinski definition) is 3. The van der Waals surface area contributed by atoms with Crippen LogP contribution in [0.5, 0.6) is 5.75 Å². The third-order valence-electron chi connectivity index (χ3n) is 2.24. The summed E-state index contributed by atoms with van der Waals surface area (Å²) >= 11 is 5.90. The van der Waals surface area contributed by atoms with E-state index in [4.69, 9.17) is 26.6 Å². The standard InChI is InChI=1S/C9H9BClNO3/c1-15-7-2-3-8-6(4-7)5-9(10(13)14)12(8)11/h2-5,13-14H,1H3. The fraction of sp³-hybridized carbons (Fsp3) is 0.111. The van der Waals surface area contributed by atoms with Crippen molar-refractivity contribution >= 4 is 35.4 Å². The van der Waals surface area contributed by atoms with Gasteiger partial charge in [0.1, 0.15) is 5.75 Å². The largest absolute Gasteiger partial charge is 0.507 e. The van der Waals surface area contributed by atoms with Crippen molar-refractivity contribution in [3.05, 3.63) is 24.3 Å². The van der Waals surface area contributed by atoms with Crippen LogP contribution >= 0.6 is 11.8 Å². The van der Waals surface area contributed by atoms with Crippen LogP contribution in [0.4, 0.5) is 0 Å². The Morgan fingerprint density at radius 2 is 2.07 bits per heavy atom. The van der Waals surface area contributed by atoms with Gasteiger partial charge in [-0.2, -0.15) is 0 Å². The summed E-state index contributed by atoms with van der Waals surface area (Å²) in [6.45, 7) is 0. The Morgan fingerprint density at radius 1 is 1.33 bits per heavy atom. The van der Waals surface area contributed by atoms with E-state index in [1.807, 2.05) is 0 Å². The van der Waals surface area contributed by atoms with Crippen molar-refractivity contribution in [2.75, 3.05) is 7.11 Å². The van der Waals surface area contributed by atoms with Gasteiger partial charge in [0.05, 0.1) is 18.2 Å². The lowest BCUT2D eigenvalue weighted by atomic mass is 9.86. The molecule has 0 atom stereocenters. The molecular weight excluding hydrogens is 216 g/mol. The van der Waals surface area contributed by atoms with Crippen molar-refractivity contribution in [1.82, 2.24) is 4.09 Å². The number of aromatic nitrogens is 1. The lowest BCUT2D eigenvalue weighted by Crippen LogP contribution is -2.33. The maximum absolute atomic E-state index is 9.05. The van der Waals surface area contributed by atoms with E-state index in [1.165, 1.54) is 4.09 Å². The minimum atomic E-state index is -1.58. The fourth-order valence-corrected chi connectivity index (χ4v) is 1.77. The number of rotatable bonds is 2. The number of benzene rings is 1. The topological polar surface area (TPSA) is 54.6 Å². The molecule has 6 heteroatoms. The van der Waals surface area contributed by atoms with Crippen LogP contribution in [0.3, 0.4) is 0 Å². The maximum Gasteiger partial charge on any atom is 0.507 e. The van der Waals surface area contributed by atoms with Crippen LogP contribution in [0.25, 0.3) is 10.9 Å². The third-order valence-corrected chi connectivity index (χ3v) is 2.62. The second-order valence-electron chi connectivity index (χ2n) is 3.15. The van der Waals surface area contributed by atoms with Crippen molar-refractivity contribution in [1.29, 1.82) is 0 Å². The summed E-state index contributed by atoms with van der Waals surface area (Å²) in [4.78, 5) is 0. The highest BCUT2D eigenvalue weighted by atomic mass is 35.5. The molecule has 0 saturated carbocycles. The zero-order valence-corrected chi connectivity index (χ0v) is 8.77. The Balaban J connectivity index is 2.65. The highest BCUT2D eigenvalue weighted by Gasteiger charge is 2.18. The summed E-state index contributed by atoms with van der Waals surface area (Å²) in [5, 5.41) is 18.9. The molecule has 78 valence electrons. The van der Waals surface area contributed by atoms with Crippen LogP contribution in [0, 0.1) is 0 Å². The highest BCUT2D eigenvalue weighted by Crippen LogP contribution is 2.21. The van der Waals surface area contributed by atoms with E-state index in [2.05, 4.69) is 0 Å². The second kappa shape index (κ2) is 3.77. The molecule has 0 saturated heterocycles. The van der Waals surface area contributed by atoms with Gasteiger partial charge in [-0.15, -0.1) is 0 Å². The van der Waals surface area contributed by atoms with Gasteiger partial charge in [-0.1, -0.05) is 0 Å². The number of halogens is 1. The normalized spacial score (nSPS) is 10.7. The Hall–Kier alpha value is -1.17. The summed E-state index contributed by atoms with van der Waals surface area (Å²) in [5.41, 5.74) is 0.945. The summed E-state index contributed by atoms with van der Waals surface area (Å²) < 4.78 is 6.28. The van der Waals surface area contributed by atoms with Gasteiger partial charge in [0.25, 0.3) is 0 Å². The minimum Gasteiger partial charge on any atom is -0.497 e. The molecule has 2 rings (SSSR count). The maximum atomic E-state index is 9.05. The van der Waals surface area contributed by atoms with Gasteiger partial charge in [0.2, 0.25) is 0 Å². The monoisotopic (exact) mass is 225 g/mol. The van der Waals surface area contributed by atoms with Crippen LogP contribution in [0.1, 0.15) is 0 Å². The van der Waals surface area contributed by atoms with E-state index in [0.29, 0.717) is 11.3 Å². The van der Waals surface area contributed by atoms with Gasteiger partial charge >= 0.3 is 7.12 Å². The Kier molecular flexibility index (Phi) is 2.60. The molecule has 0 amide bonds. The second-order valence-corrected chi connectivity index (χ2v) is 3.49. The van der Waals surface area contributed by atoms with Crippen LogP contribution in [0.15, 0.2) is 24.3 Å². The minimum absolute atomic E-state index is 0.236. The molecule has 0 spiro atoms. The third kappa shape index (κ3) is 1.69. The smallest absolute Gasteiger partial charge is 0.497 e. The van der Waals surface area contributed by atoms with Gasteiger partial charge in [0.15, 0.2) is 0 Å². The summed E-state index contributed by atoms with van der Waals surface area (Å²) in [5.74, 6) is 0.698. The summed E-state index contributed by atoms with van der Waals surface area (Å²) in [7, 11) is -0.0124. The molecule has 4 nitrogen and oxygen atoms in total. The first-order valence-electron chi connectivity index (χ1n) is 4.35. The predicted octanol–water partition coefficient (Wildman–Crippen LogP) is 0.332. The average molecular weight is 225 g/mol. The van der Waals surface area contributed by atoms with Crippen molar-refractivity contribution in [2.24, 2.45) is 0 Å². The predicted molar refractivity (Wildman–Crippen MR) is 59.6 cm³/mol. The van der Waals surface area contributed by atoms with Gasteiger partial charge in [-0.25, -0.2) is 0 Å². The SMILES string of the molecule is COc1ccc2c(c1)cc(B(O)O)n2Cl. The van der Waals surface area contributed by atoms with E-state index in [1.54, 1.807) is 31.4 Å². The molecule has 0 unspecified atom stereocenters. The Morgan fingerprint density at radius 3 is 2.67 bits per heavy atom. The highest BCUT2D eigenvalue weighted by molar-refractivity contribution is 6.59. The number of ether oxygens (including phenoxy) is 1. The molecule has 0 fully saturated rings. The number of hydrogen-bond donors (Lipinski definition) is 2. The first kappa shape index (κ1) is 10.4. The lowest BCUT2D eigenvalue weighted by molar-refractivity contribution is 0.415. The van der Waals surface area contributed by atoms with E-state index in [-0.39, 0.29) is 5.59 Å². The molecule has 0 aliphatic heterocycles. The lowest BCUT2D eigenvalue weighted by Gasteiger charge is -2.00. The van der Waals surface area contributed by atoms with Crippen molar-refractivity contribution in [3.63, 3.8) is 0 Å². The molecule has 2 N–H and O–H groups in total. The van der Waals surface area contributed by atoms with E-state index in [0.717, 1.165) is 5.39 Å². The number of methoxy groups -OCH3 is 1. The molecule has 0 bridgehead atoms. The average Bonchev–Trinajstić information content (AvgIpc) is 2.55. The Bertz CT molecular complexity index is 497. The van der Waals surface area contributed by atoms with Gasteiger partial charge in [-0.3, -0.25) is 4.09 Å². The van der Waals surface area contributed by atoms with E-state index >= 15 is 0 Å². The molecule has 15 heavy (non-hydrogen) atoms.